The maximum Gasteiger partial charge on any atom is 0.222 e. The maximum absolute atomic E-state index is 11.6. The summed E-state index contributed by atoms with van der Waals surface area (Å²) in [6, 6.07) is 0.112. The maximum atomic E-state index is 11.6. The topological polar surface area (TPSA) is 80.5 Å². The summed E-state index contributed by atoms with van der Waals surface area (Å²) in [5, 5.41) is 0. The van der Waals surface area contributed by atoms with E-state index < -0.39 is 9.84 Å². The number of carbonyl (C=O) groups is 1. The van der Waals surface area contributed by atoms with E-state index in [1.54, 1.807) is 4.90 Å². The summed E-state index contributed by atoms with van der Waals surface area (Å²) in [5.74, 6) is 0.501. The van der Waals surface area contributed by atoms with Gasteiger partial charge in [-0.25, -0.2) is 8.42 Å². The molecule has 0 aromatic heterocycles. The molecule has 1 atom stereocenters. The van der Waals surface area contributed by atoms with Crippen LogP contribution in [0, 0.1) is 5.92 Å². The Kier molecular flexibility index (Phi) is 2.72. The lowest BCUT2D eigenvalue weighted by Gasteiger charge is -2.37. The van der Waals surface area contributed by atoms with Gasteiger partial charge in [0.15, 0.2) is 9.84 Å². The Hall–Kier alpha value is -0.620. The monoisotopic (exact) mass is 232 g/mol. The average molecular weight is 232 g/mol. The van der Waals surface area contributed by atoms with Gasteiger partial charge in [0.05, 0.1) is 11.5 Å². The first-order valence-corrected chi connectivity index (χ1v) is 7.02. The number of nitrogens with zero attached hydrogens (tertiary/aromatic N) is 1. The van der Waals surface area contributed by atoms with Crippen molar-refractivity contribution in [3.05, 3.63) is 0 Å². The van der Waals surface area contributed by atoms with Crippen molar-refractivity contribution < 1.29 is 13.2 Å². The highest BCUT2D eigenvalue weighted by atomic mass is 32.2. The van der Waals surface area contributed by atoms with E-state index in [9.17, 15) is 13.2 Å². The van der Waals surface area contributed by atoms with Gasteiger partial charge in [-0.15, -0.1) is 0 Å². The Morgan fingerprint density at radius 3 is 2.53 bits per heavy atom. The average Bonchev–Trinajstić information content (AvgIpc) is 2.40. The molecule has 1 unspecified atom stereocenters. The van der Waals surface area contributed by atoms with Crippen molar-refractivity contribution >= 4 is 15.7 Å². The first-order valence-electron chi connectivity index (χ1n) is 5.20. The Morgan fingerprint density at radius 1 is 1.40 bits per heavy atom. The molecule has 2 saturated heterocycles. The van der Waals surface area contributed by atoms with E-state index in [4.69, 9.17) is 5.73 Å². The standard InChI is InChI=1S/C9H16N2O3S/c10-8-4-11(5-8)9(12)3-7-1-2-15(13,14)6-7/h7-8H,1-6,10H2. The largest absolute Gasteiger partial charge is 0.339 e. The molecule has 15 heavy (non-hydrogen) atoms. The highest BCUT2D eigenvalue weighted by Crippen LogP contribution is 2.23. The molecule has 0 aromatic carbocycles. The number of hydrogen-bond donors (Lipinski definition) is 1. The van der Waals surface area contributed by atoms with Crippen LogP contribution in [0.4, 0.5) is 0 Å². The van der Waals surface area contributed by atoms with E-state index in [1.807, 2.05) is 0 Å². The molecule has 0 aliphatic carbocycles. The number of amides is 1. The molecular formula is C9H16N2O3S. The normalized spacial score (nSPS) is 30.2. The van der Waals surface area contributed by atoms with Crippen LogP contribution in [0.2, 0.25) is 0 Å². The Balaban J connectivity index is 1.81. The van der Waals surface area contributed by atoms with Crippen LogP contribution in [-0.2, 0) is 14.6 Å². The van der Waals surface area contributed by atoms with Crippen molar-refractivity contribution in [2.75, 3.05) is 24.6 Å². The van der Waals surface area contributed by atoms with Crippen molar-refractivity contribution in [1.82, 2.24) is 4.90 Å². The second-order valence-electron chi connectivity index (χ2n) is 4.53. The number of nitrogens with two attached hydrogens (primary N) is 1. The summed E-state index contributed by atoms with van der Waals surface area (Å²) < 4.78 is 22.4. The molecule has 6 heteroatoms. The summed E-state index contributed by atoms with van der Waals surface area (Å²) in [7, 11) is -2.86. The summed E-state index contributed by atoms with van der Waals surface area (Å²) in [6.45, 7) is 1.25. The molecule has 86 valence electrons. The lowest BCUT2D eigenvalue weighted by atomic mass is 10.0. The third kappa shape index (κ3) is 2.49. The second-order valence-corrected chi connectivity index (χ2v) is 6.76. The van der Waals surface area contributed by atoms with Crippen LogP contribution in [0.1, 0.15) is 12.8 Å². The predicted octanol–water partition coefficient (Wildman–Crippen LogP) is -1.02. The van der Waals surface area contributed by atoms with Crippen LogP contribution in [-0.4, -0.2) is 49.9 Å². The van der Waals surface area contributed by atoms with E-state index in [1.165, 1.54) is 0 Å². The van der Waals surface area contributed by atoms with Gasteiger partial charge in [-0.2, -0.15) is 0 Å². The Bertz CT molecular complexity index is 360. The van der Waals surface area contributed by atoms with Crippen LogP contribution >= 0.6 is 0 Å². The molecule has 1 amide bonds. The zero-order valence-electron chi connectivity index (χ0n) is 8.55. The van der Waals surface area contributed by atoms with E-state index >= 15 is 0 Å². The summed E-state index contributed by atoms with van der Waals surface area (Å²) in [5.41, 5.74) is 5.57. The Labute approximate surface area is 89.5 Å². The molecule has 0 radical (unpaired) electrons. The fourth-order valence-electron chi connectivity index (χ4n) is 2.13. The van der Waals surface area contributed by atoms with Crippen LogP contribution in [0.5, 0.6) is 0 Å². The van der Waals surface area contributed by atoms with Crippen LogP contribution in [0.25, 0.3) is 0 Å². The van der Waals surface area contributed by atoms with Crippen molar-refractivity contribution in [2.24, 2.45) is 11.7 Å². The van der Waals surface area contributed by atoms with E-state index in [0.717, 1.165) is 0 Å². The minimum atomic E-state index is -2.86. The van der Waals surface area contributed by atoms with Gasteiger partial charge in [0.2, 0.25) is 5.91 Å². The van der Waals surface area contributed by atoms with Crippen molar-refractivity contribution in [3.8, 4) is 0 Å². The quantitative estimate of drug-likeness (QED) is 0.661. The van der Waals surface area contributed by atoms with Gasteiger partial charge < -0.3 is 10.6 Å². The molecule has 5 nitrogen and oxygen atoms in total. The first-order chi connectivity index (χ1) is 6.96. The molecular weight excluding hydrogens is 216 g/mol. The number of carbonyl (C=O) groups excluding carboxylic acids is 1. The Morgan fingerprint density at radius 2 is 2.07 bits per heavy atom. The van der Waals surface area contributed by atoms with Crippen molar-refractivity contribution in [3.63, 3.8) is 0 Å². The smallest absolute Gasteiger partial charge is 0.222 e. The third-order valence-corrected chi connectivity index (χ3v) is 4.89. The summed E-state index contributed by atoms with van der Waals surface area (Å²) >= 11 is 0. The third-order valence-electron chi connectivity index (χ3n) is 3.05. The predicted molar refractivity (Wildman–Crippen MR) is 55.9 cm³/mol. The van der Waals surface area contributed by atoms with Gasteiger partial charge >= 0.3 is 0 Å². The second kappa shape index (κ2) is 3.75. The molecule has 2 rings (SSSR count). The first kappa shape index (κ1) is 10.9. The molecule has 2 heterocycles. The molecule has 0 spiro atoms. The molecule has 2 N–H and O–H groups in total. The minimum Gasteiger partial charge on any atom is -0.339 e. The van der Waals surface area contributed by atoms with Crippen LogP contribution < -0.4 is 5.73 Å². The molecule has 2 fully saturated rings. The summed E-state index contributed by atoms with van der Waals surface area (Å²) in [6.07, 6.45) is 1.000. The van der Waals surface area contributed by atoms with E-state index in [0.29, 0.717) is 25.9 Å². The number of sulfone groups is 1. The molecule has 0 bridgehead atoms. The van der Waals surface area contributed by atoms with Gasteiger partial charge in [0, 0.05) is 25.6 Å². The minimum absolute atomic E-state index is 0.0272. The number of likely N-dealkylation sites (tertiary alicyclic amines) is 1. The lowest BCUT2D eigenvalue weighted by Crippen LogP contribution is -2.58. The van der Waals surface area contributed by atoms with Gasteiger partial charge in [0.25, 0.3) is 0 Å². The SMILES string of the molecule is NC1CN(C(=O)CC2CCS(=O)(=O)C2)C1. The highest BCUT2D eigenvalue weighted by Gasteiger charge is 2.33. The summed E-state index contributed by atoms with van der Waals surface area (Å²) in [4.78, 5) is 13.3. The molecule has 0 saturated carbocycles. The number of hydrogen-bond acceptors (Lipinski definition) is 4. The zero-order chi connectivity index (χ0) is 11.1. The van der Waals surface area contributed by atoms with Crippen molar-refractivity contribution in [1.29, 1.82) is 0 Å². The number of rotatable bonds is 2. The van der Waals surface area contributed by atoms with Gasteiger partial charge in [-0.05, 0) is 12.3 Å². The fraction of sp³-hybridized carbons (Fsp3) is 0.889. The van der Waals surface area contributed by atoms with Gasteiger partial charge in [-0.1, -0.05) is 0 Å². The molecule has 2 aliphatic rings. The van der Waals surface area contributed by atoms with Crippen molar-refractivity contribution in [2.45, 2.75) is 18.9 Å². The highest BCUT2D eigenvalue weighted by molar-refractivity contribution is 7.91. The van der Waals surface area contributed by atoms with E-state index in [2.05, 4.69) is 0 Å². The van der Waals surface area contributed by atoms with Crippen LogP contribution in [0.3, 0.4) is 0 Å². The molecule has 2 aliphatic heterocycles. The van der Waals surface area contributed by atoms with Gasteiger partial charge in [-0.3, -0.25) is 4.79 Å². The molecule has 0 aromatic rings. The van der Waals surface area contributed by atoms with Crippen LogP contribution in [0.15, 0.2) is 0 Å². The fourth-order valence-corrected chi connectivity index (χ4v) is 3.99. The van der Waals surface area contributed by atoms with E-state index in [-0.39, 0.29) is 29.4 Å². The van der Waals surface area contributed by atoms with Gasteiger partial charge in [0.1, 0.15) is 0 Å². The zero-order valence-corrected chi connectivity index (χ0v) is 9.37. The lowest BCUT2D eigenvalue weighted by molar-refractivity contribution is -0.136.